The van der Waals surface area contributed by atoms with Crippen molar-refractivity contribution in [3.8, 4) is 0 Å². The van der Waals surface area contributed by atoms with E-state index in [4.69, 9.17) is 11.6 Å². The second kappa shape index (κ2) is 5.22. The predicted molar refractivity (Wildman–Crippen MR) is 77.3 cm³/mol. The normalized spacial score (nSPS) is 23.6. The van der Waals surface area contributed by atoms with Crippen LogP contribution in [0.3, 0.4) is 0 Å². The molecule has 1 aliphatic carbocycles. The molecular formula is C16H22ClN. The van der Waals surface area contributed by atoms with Crippen molar-refractivity contribution in [2.75, 3.05) is 19.6 Å². The molecule has 0 bridgehead atoms. The molecule has 0 unspecified atom stereocenters. The summed E-state index contributed by atoms with van der Waals surface area (Å²) in [7, 11) is 0. The van der Waals surface area contributed by atoms with Crippen LogP contribution < -0.4 is 0 Å². The zero-order valence-electron chi connectivity index (χ0n) is 11.0. The van der Waals surface area contributed by atoms with Gasteiger partial charge in [0.25, 0.3) is 0 Å². The standard InChI is InChI=1S/C16H22ClN/c17-15-7-5-14(6-8-15)16(9-4-10-16)13-18-11-2-1-3-12-18/h5-8H,1-4,9-13H2. The molecule has 1 saturated carbocycles. The molecule has 0 aromatic heterocycles. The first-order valence-corrected chi connectivity index (χ1v) is 7.65. The van der Waals surface area contributed by atoms with Crippen molar-refractivity contribution >= 4 is 11.6 Å². The van der Waals surface area contributed by atoms with Gasteiger partial charge in [0.05, 0.1) is 0 Å². The summed E-state index contributed by atoms with van der Waals surface area (Å²) in [5.74, 6) is 0. The van der Waals surface area contributed by atoms with Gasteiger partial charge in [0.15, 0.2) is 0 Å². The van der Waals surface area contributed by atoms with Crippen molar-refractivity contribution in [1.82, 2.24) is 4.90 Å². The maximum Gasteiger partial charge on any atom is 0.0406 e. The van der Waals surface area contributed by atoms with Gasteiger partial charge in [-0.3, -0.25) is 0 Å². The van der Waals surface area contributed by atoms with E-state index in [2.05, 4.69) is 17.0 Å². The van der Waals surface area contributed by atoms with Gasteiger partial charge < -0.3 is 4.90 Å². The molecule has 1 aliphatic heterocycles. The van der Waals surface area contributed by atoms with Crippen molar-refractivity contribution in [3.63, 3.8) is 0 Å². The van der Waals surface area contributed by atoms with Gasteiger partial charge in [0.1, 0.15) is 0 Å². The zero-order chi connectivity index (χ0) is 12.4. The van der Waals surface area contributed by atoms with Crippen LogP contribution in [0.2, 0.25) is 5.02 Å². The van der Waals surface area contributed by atoms with E-state index in [1.54, 1.807) is 0 Å². The Balaban J connectivity index is 1.74. The Morgan fingerprint density at radius 3 is 2.17 bits per heavy atom. The minimum absolute atomic E-state index is 0.432. The largest absolute Gasteiger partial charge is 0.302 e. The molecule has 18 heavy (non-hydrogen) atoms. The van der Waals surface area contributed by atoms with Crippen LogP contribution in [0.25, 0.3) is 0 Å². The number of piperidine rings is 1. The summed E-state index contributed by atoms with van der Waals surface area (Å²) in [5.41, 5.74) is 1.94. The fourth-order valence-corrected chi connectivity index (χ4v) is 3.62. The summed E-state index contributed by atoms with van der Waals surface area (Å²) in [6, 6.07) is 8.58. The molecular weight excluding hydrogens is 242 g/mol. The Bertz CT molecular complexity index is 388. The molecule has 1 aromatic carbocycles. The third-order valence-corrected chi connectivity index (χ3v) is 4.99. The highest BCUT2D eigenvalue weighted by Gasteiger charge is 2.40. The molecule has 2 heteroatoms. The maximum atomic E-state index is 6.00. The Kier molecular flexibility index (Phi) is 3.63. The quantitative estimate of drug-likeness (QED) is 0.788. The number of nitrogens with zero attached hydrogens (tertiary/aromatic N) is 1. The Labute approximate surface area is 115 Å². The Morgan fingerprint density at radius 2 is 1.61 bits per heavy atom. The first-order chi connectivity index (χ1) is 8.78. The van der Waals surface area contributed by atoms with Gasteiger partial charge in [-0.15, -0.1) is 0 Å². The topological polar surface area (TPSA) is 3.24 Å². The molecule has 1 aromatic rings. The van der Waals surface area contributed by atoms with Crippen LogP contribution >= 0.6 is 11.6 Å². The average molecular weight is 264 g/mol. The van der Waals surface area contributed by atoms with E-state index >= 15 is 0 Å². The molecule has 3 rings (SSSR count). The van der Waals surface area contributed by atoms with E-state index in [1.807, 2.05) is 12.1 Å². The SMILES string of the molecule is Clc1ccc(C2(CN3CCCCC3)CCC2)cc1. The highest BCUT2D eigenvalue weighted by molar-refractivity contribution is 6.30. The lowest BCUT2D eigenvalue weighted by molar-refractivity contribution is 0.122. The van der Waals surface area contributed by atoms with Gasteiger partial charge in [-0.05, 0) is 56.5 Å². The van der Waals surface area contributed by atoms with Crippen molar-refractivity contribution in [3.05, 3.63) is 34.9 Å². The second-order valence-corrected chi connectivity index (χ2v) is 6.41. The lowest BCUT2D eigenvalue weighted by Gasteiger charge is -2.46. The predicted octanol–water partition coefficient (Wildman–Crippen LogP) is 4.25. The fourth-order valence-electron chi connectivity index (χ4n) is 3.49. The van der Waals surface area contributed by atoms with Gasteiger partial charge in [0, 0.05) is 17.0 Å². The third-order valence-electron chi connectivity index (χ3n) is 4.74. The molecule has 1 nitrogen and oxygen atoms in total. The smallest absolute Gasteiger partial charge is 0.0406 e. The van der Waals surface area contributed by atoms with Crippen molar-refractivity contribution < 1.29 is 0 Å². The molecule has 2 aliphatic rings. The second-order valence-electron chi connectivity index (χ2n) is 5.98. The van der Waals surface area contributed by atoms with Crippen LogP contribution in [0.1, 0.15) is 44.1 Å². The van der Waals surface area contributed by atoms with Gasteiger partial charge in [-0.2, -0.15) is 0 Å². The third kappa shape index (κ3) is 2.44. The minimum atomic E-state index is 0.432. The number of hydrogen-bond acceptors (Lipinski definition) is 1. The summed E-state index contributed by atoms with van der Waals surface area (Å²) in [4.78, 5) is 2.68. The summed E-state index contributed by atoms with van der Waals surface area (Å²) >= 11 is 6.00. The van der Waals surface area contributed by atoms with E-state index in [-0.39, 0.29) is 0 Å². The molecule has 0 spiro atoms. The maximum absolute atomic E-state index is 6.00. The summed E-state index contributed by atoms with van der Waals surface area (Å²) in [6.45, 7) is 3.86. The lowest BCUT2D eigenvalue weighted by Crippen LogP contribution is -2.47. The molecule has 1 heterocycles. The highest BCUT2D eigenvalue weighted by Crippen LogP contribution is 2.44. The summed E-state index contributed by atoms with van der Waals surface area (Å²) < 4.78 is 0. The van der Waals surface area contributed by atoms with Crippen LogP contribution in [0, 0.1) is 0 Å². The van der Waals surface area contributed by atoms with Crippen molar-refractivity contribution in [2.24, 2.45) is 0 Å². The van der Waals surface area contributed by atoms with Crippen LogP contribution in [0.15, 0.2) is 24.3 Å². The van der Waals surface area contributed by atoms with Gasteiger partial charge in [-0.25, -0.2) is 0 Å². The van der Waals surface area contributed by atoms with Gasteiger partial charge >= 0.3 is 0 Å². The van der Waals surface area contributed by atoms with Crippen molar-refractivity contribution in [2.45, 2.75) is 43.9 Å². The van der Waals surface area contributed by atoms with E-state index in [0.29, 0.717) is 5.41 Å². The number of likely N-dealkylation sites (tertiary alicyclic amines) is 1. The van der Waals surface area contributed by atoms with Gasteiger partial charge in [-0.1, -0.05) is 36.6 Å². The lowest BCUT2D eigenvalue weighted by atomic mass is 9.64. The molecule has 1 saturated heterocycles. The zero-order valence-corrected chi connectivity index (χ0v) is 11.8. The molecule has 0 radical (unpaired) electrons. The molecule has 0 N–H and O–H groups in total. The molecule has 0 atom stereocenters. The Morgan fingerprint density at radius 1 is 0.944 bits per heavy atom. The number of rotatable bonds is 3. The highest BCUT2D eigenvalue weighted by atomic mass is 35.5. The van der Waals surface area contributed by atoms with E-state index < -0.39 is 0 Å². The van der Waals surface area contributed by atoms with Crippen LogP contribution in [-0.4, -0.2) is 24.5 Å². The Hall–Kier alpha value is -0.530. The van der Waals surface area contributed by atoms with Crippen LogP contribution in [0.4, 0.5) is 0 Å². The van der Waals surface area contributed by atoms with E-state index in [1.165, 1.54) is 63.7 Å². The minimum Gasteiger partial charge on any atom is -0.302 e. The number of halogens is 1. The monoisotopic (exact) mass is 263 g/mol. The molecule has 98 valence electrons. The number of hydrogen-bond donors (Lipinski definition) is 0. The summed E-state index contributed by atoms with van der Waals surface area (Å²) in [5, 5.41) is 0.853. The molecule has 2 fully saturated rings. The first-order valence-electron chi connectivity index (χ1n) is 7.27. The van der Waals surface area contributed by atoms with E-state index in [0.717, 1.165) is 5.02 Å². The average Bonchev–Trinajstić information content (AvgIpc) is 2.36. The first kappa shape index (κ1) is 12.5. The van der Waals surface area contributed by atoms with Crippen molar-refractivity contribution in [1.29, 1.82) is 0 Å². The van der Waals surface area contributed by atoms with Crippen LogP contribution in [-0.2, 0) is 5.41 Å². The van der Waals surface area contributed by atoms with E-state index in [9.17, 15) is 0 Å². The summed E-state index contributed by atoms with van der Waals surface area (Å²) in [6.07, 6.45) is 8.28. The number of benzene rings is 1. The van der Waals surface area contributed by atoms with Gasteiger partial charge in [0.2, 0.25) is 0 Å². The van der Waals surface area contributed by atoms with Crippen LogP contribution in [0.5, 0.6) is 0 Å². The molecule has 0 amide bonds. The fraction of sp³-hybridized carbons (Fsp3) is 0.625.